The summed E-state index contributed by atoms with van der Waals surface area (Å²) in [6, 6.07) is 6.06. The Hall–Kier alpha value is -1.77. The van der Waals surface area contributed by atoms with Crippen LogP contribution in [0.25, 0.3) is 10.9 Å². The summed E-state index contributed by atoms with van der Waals surface area (Å²) < 4.78 is 0. The third kappa shape index (κ3) is 2.45. The molecular formula is C17H22N2O. The number of phenols is 1. The molecule has 1 aromatic heterocycles. The fourth-order valence-corrected chi connectivity index (χ4v) is 3.01. The van der Waals surface area contributed by atoms with Crippen molar-refractivity contribution in [2.45, 2.75) is 39.0 Å². The minimum absolute atomic E-state index is 0.386. The number of pyridine rings is 1. The van der Waals surface area contributed by atoms with Crippen molar-refractivity contribution in [2.24, 2.45) is 0 Å². The lowest BCUT2D eigenvalue weighted by molar-refractivity contribution is 0.468. The summed E-state index contributed by atoms with van der Waals surface area (Å²) in [6.07, 6.45) is 7.57. The Kier molecular flexibility index (Phi) is 3.77. The predicted molar refractivity (Wildman–Crippen MR) is 83.5 cm³/mol. The number of hydrogen-bond acceptors (Lipinski definition) is 3. The Morgan fingerprint density at radius 1 is 1.25 bits per heavy atom. The molecule has 3 rings (SSSR count). The second-order valence-corrected chi connectivity index (χ2v) is 5.63. The first-order valence-corrected chi connectivity index (χ1v) is 7.65. The molecule has 1 aromatic carbocycles. The van der Waals surface area contributed by atoms with Crippen LogP contribution >= 0.6 is 0 Å². The van der Waals surface area contributed by atoms with Crippen LogP contribution in [0.4, 0.5) is 5.69 Å². The number of aromatic hydroxyl groups is 1. The third-order valence-corrected chi connectivity index (χ3v) is 4.17. The lowest BCUT2D eigenvalue weighted by Crippen LogP contribution is -2.17. The summed E-state index contributed by atoms with van der Waals surface area (Å²) in [7, 11) is 0. The Morgan fingerprint density at radius 2 is 2.05 bits per heavy atom. The van der Waals surface area contributed by atoms with Gasteiger partial charge in [-0.25, -0.2) is 0 Å². The van der Waals surface area contributed by atoms with Gasteiger partial charge in [-0.05, 0) is 43.4 Å². The number of rotatable bonds is 4. The number of nitrogens with zero attached hydrogens (tertiary/aromatic N) is 2. The normalized spacial score (nSPS) is 15.2. The second-order valence-electron chi connectivity index (χ2n) is 5.63. The first-order valence-electron chi connectivity index (χ1n) is 7.65. The van der Waals surface area contributed by atoms with Crippen molar-refractivity contribution in [1.82, 2.24) is 4.98 Å². The van der Waals surface area contributed by atoms with E-state index >= 15 is 0 Å². The molecule has 3 heteroatoms. The fourth-order valence-electron chi connectivity index (χ4n) is 3.01. The number of benzene rings is 1. The number of aromatic nitrogens is 1. The van der Waals surface area contributed by atoms with Gasteiger partial charge in [-0.2, -0.15) is 0 Å². The van der Waals surface area contributed by atoms with Crippen LogP contribution in [0, 0.1) is 0 Å². The van der Waals surface area contributed by atoms with Crippen molar-refractivity contribution < 1.29 is 5.11 Å². The van der Waals surface area contributed by atoms with Crippen molar-refractivity contribution in [1.29, 1.82) is 0 Å². The predicted octanol–water partition coefficient (Wildman–Crippen LogP) is 3.88. The van der Waals surface area contributed by atoms with E-state index in [0.717, 1.165) is 43.4 Å². The van der Waals surface area contributed by atoms with Gasteiger partial charge in [0.1, 0.15) is 5.75 Å². The molecule has 0 unspecified atom stereocenters. The van der Waals surface area contributed by atoms with Gasteiger partial charge in [0.15, 0.2) is 0 Å². The molecular weight excluding hydrogens is 248 g/mol. The highest BCUT2D eigenvalue weighted by Gasteiger charge is 2.16. The molecule has 2 heterocycles. The van der Waals surface area contributed by atoms with Crippen LogP contribution in [0.15, 0.2) is 24.4 Å². The van der Waals surface area contributed by atoms with Crippen LogP contribution in [-0.4, -0.2) is 23.2 Å². The maximum absolute atomic E-state index is 10.1. The summed E-state index contributed by atoms with van der Waals surface area (Å²) in [4.78, 5) is 6.84. The number of fused-ring (bicyclic) bond motifs is 1. The van der Waals surface area contributed by atoms with Gasteiger partial charge in [-0.3, -0.25) is 4.98 Å². The van der Waals surface area contributed by atoms with Crippen LogP contribution in [-0.2, 0) is 6.42 Å². The maximum Gasteiger partial charge on any atom is 0.120 e. The summed E-state index contributed by atoms with van der Waals surface area (Å²) >= 11 is 0. The van der Waals surface area contributed by atoms with E-state index in [0.29, 0.717) is 5.75 Å². The molecule has 1 aliphatic heterocycles. The number of phenolic OH excluding ortho intramolecular Hbond substituents is 1. The van der Waals surface area contributed by atoms with Crippen LogP contribution in [0.2, 0.25) is 0 Å². The van der Waals surface area contributed by atoms with E-state index in [1.165, 1.54) is 23.9 Å². The zero-order valence-electron chi connectivity index (χ0n) is 12.1. The lowest BCUT2D eigenvalue weighted by Gasteiger charge is -2.20. The SMILES string of the molecule is CCCCc1cc2c(N3CCCC3)ccnc2cc1O. The first kappa shape index (κ1) is 13.2. The monoisotopic (exact) mass is 270 g/mol. The average Bonchev–Trinajstić information content (AvgIpc) is 2.98. The zero-order chi connectivity index (χ0) is 13.9. The van der Waals surface area contributed by atoms with Crippen molar-refractivity contribution in [3.63, 3.8) is 0 Å². The van der Waals surface area contributed by atoms with E-state index in [1.807, 2.05) is 12.3 Å². The van der Waals surface area contributed by atoms with Gasteiger partial charge in [-0.15, -0.1) is 0 Å². The van der Waals surface area contributed by atoms with Gasteiger partial charge < -0.3 is 10.0 Å². The van der Waals surface area contributed by atoms with Gasteiger partial charge in [0, 0.05) is 36.4 Å². The highest BCUT2D eigenvalue weighted by Crippen LogP contribution is 2.32. The van der Waals surface area contributed by atoms with Crippen LogP contribution in [0.5, 0.6) is 5.75 Å². The van der Waals surface area contributed by atoms with Gasteiger partial charge >= 0.3 is 0 Å². The molecule has 0 radical (unpaired) electrons. The minimum Gasteiger partial charge on any atom is -0.508 e. The van der Waals surface area contributed by atoms with Crippen LogP contribution in [0.3, 0.4) is 0 Å². The zero-order valence-corrected chi connectivity index (χ0v) is 12.1. The molecule has 1 aliphatic rings. The molecule has 1 fully saturated rings. The molecule has 0 amide bonds. The molecule has 2 aromatic rings. The smallest absolute Gasteiger partial charge is 0.120 e. The largest absolute Gasteiger partial charge is 0.508 e. The Labute approximate surface area is 120 Å². The van der Waals surface area contributed by atoms with Crippen LogP contribution < -0.4 is 4.90 Å². The third-order valence-electron chi connectivity index (χ3n) is 4.17. The van der Waals surface area contributed by atoms with Gasteiger partial charge in [-0.1, -0.05) is 13.3 Å². The van der Waals surface area contributed by atoms with Gasteiger partial charge in [0.2, 0.25) is 0 Å². The maximum atomic E-state index is 10.1. The quantitative estimate of drug-likeness (QED) is 0.915. The minimum atomic E-state index is 0.386. The van der Waals surface area contributed by atoms with E-state index in [2.05, 4.69) is 28.9 Å². The summed E-state index contributed by atoms with van der Waals surface area (Å²) in [6.45, 7) is 4.43. The van der Waals surface area contributed by atoms with E-state index in [9.17, 15) is 5.11 Å². The summed E-state index contributed by atoms with van der Waals surface area (Å²) in [5.41, 5.74) is 3.21. The Bertz CT molecular complexity index is 603. The number of hydrogen-bond donors (Lipinski definition) is 1. The van der Waals surface area contributed by atoms with Crippen molar-refractivity contribution in [3.05, 3.63) is 30.0 Å². The van der Waals surface area contributed by atoms with E-state index in [1.54, 1.807) is 0 Å². The standard InChI is InChI=1S/C17H22N2O/c1-2-3-6-13-11-14-15(12-17(13)20)18-8-7-16(14)19-9-4-5-10-19/h7-8,11-12,20H,2-6,9-10H2,1H3. The summed E-state index contributed by atoms with van der Waals surface area (Å²) in [5, 5.41) is 11.3. The molecule has 0 spiro atoms. The van der Waals surface area contributed by atoms with Crippen LogP contribution in [0.1, 0.15) is 38.2 Å². The topological polar surface area (TPSA) is 36.4 Å². The second kappa shape index (κ2) is 5.70. The lowest BCUT2D eigenvalue weighted by atomic mass is 10.0. The molecule has 1 saturated heterocycles. The van der Waals surface area contributed by atoms with E-state index in [4.69, 9.17) is 0 Å². The Balaban J connectivity index is 2.06. The number of aryl methyl sites for hydroxylation is 1. The molecule has 106 valence electrons. The van der Waals surface area contributed by atoms with Crippen molar-refractivity contribution in [3.8, 4) is 5.75 Å². The average molecular weight is 270 g/mol. The van der Waals surface area contributed by atoms with Gasteiger partial charge in [0.25, 0.3) is 0 Å². The van der Waals surface area contributed by atoms with Gasteiger partial charge in [0.05, 0.1) is 5.52 Å². The van der Waals surface area contributed by atoms with E-state index in [-0.39, 0.29) is 0 Å². The fraction of sp³-hybridized carbons (Fsp3) is 0.471. The number of unbranched alkanes of at least 4 members (excludes halogenated alkanes) is 1. The molecule has 0 saturated carbocycles. The molecule has 20 heavy (non-hydrogen) atoms. The highest BCUT2D eigenvalue weighted by atomic mass is 16.3. The summed E-state index contributed by atoms with van der Waals surface area (Å²) in [5.74, 6) is 0.386. The van der Waals surface area contributed by atoms with E-state index < -0.39 is 0 Å². The Morgan fingerprint density at radius 3 is 2.80 bits per heavy atom. The number of anilines is 1. The first-order chi connectivity index (χ1) is 9.79. The molecule has 0 aliphatic carbocycles. The molecule has 0 bridgehead atoms. The highest BCUT2D eigenvalue weighted by molar-refractivity contribution is 5.93. The van der Waals surface area contributed by atoms with Crippen molar-refractivity contribution >= 4 is 16.6 Å². The van der Waals surface area contributed by atoms with Crippen molar-refractivity contribution in [2.75, 3.05) is 18.0 Å². The molecule has 3 nitrogen and oxygen atoms in total. The molecule has 0 atom stereocenters. The molecule has 1 N–H and O–H groups in total.